The lowest BCUT2D eigenvalue weighted by molar-refractivity contribution is -0.166. The molecule has 2 aromatic rings. The van der Waals surface area contributed by atoms with Crippen molar-refractivity contribution in [3.63, 3.8) is 0 Å². The number of carbonyl (C=O) groups excluding carboxylic acids is 1. The van der Waals surface area contributed by atoms with Crippen molar-refractivity contribution in [1.82, 2.24) is 15.6 Å². The molecule has 0 atom stereocenters. The van der Waals surface area contributed by atoms with E-state index in [0.717, 1.165) is 32.3 Å². The average Bonchev–Trinajstić information content (AvgIpc) is 2.84. The van der Waals surface area contributed by atoms with E-state index in [4.69, 9.17) is 9.47 Å². The quantitative estimate of drug-likeness (QED) is 0.402. The Labute approximate surface area is 213 Å². The molecule has 198 valence electrons. The maximum atomic E-state index is 13.0. The minimum absolute atomic E-state index is 0.0875. The first-order valence-electron chi connectivity index (χ1n) is 12.5. The number of hydroxylamine groups is 1. The number of sulfone groups is 1. The zero-order chi connectivity index (χ0) is 26.1. The number of nitrogens with one attached hydrogen (secondary N) is 1. The fourth-order valence-electron chi connectivity index (χ4n) is 4.19. The van der Waals surface area contributed by atoms with Crippen LogP contribution in [0.25, 0.3) is 0 Å². The molecule has 1 heterocycles. The summed E-state index contributed by atoms with van der Waals surface area (Å²) < 4.78 is 37.2. The smallest absolute Gasteiger partial charge is 0.236 e. The largest absolute Gasteiger partial charge is 0.494 e. The molecule has 0 unspecified atom stereocenters. The first kappa shape index (κ1) is 28.0. The summed E-state index contributed by atoms with van der Waals surface area (Å²) in [5, 5.41) is 10.8. The van der Waals surface area contributed by atoms with Crippen molar-refractivity contribution in [2.24, 2.45) is 11.8 Å². The lowest BCUT2D eigenvalue weighted by Crippen LogP contribution is -2.40. The Bertz CT molecular complexity index is 1080. The van der Waals surface area contributed by atoms with E-state index in [0.29, 0.717) is 35.4 Å². The van der Waals surface area contributed by atoms with Crippen molar-refractivity contribution in [2.45, 2.75) is 75.4 Å². The molecule has 9 nitrogen and oxygen atoms in total. The fraction of sp³-hybridized carbons (Fsp3) is 0.538. The number of carbonyl (C=O) groups is 1. The van der Waals surface area contributed by atoms with Crippen molar-refractivity contribution in [3.8, 4) is 5.75 Å². The zero-order valence-electron chi connectivity index (χ0n) is 21.2. The van der Waals surface area contributed by atoms with Crippen molar-refractivity contribution in [2.75, 3.05) is 13.2 Å². The third-order valence-corrected chi connectivity index (χ3v) is 7.71. The molecule has 36 heavy (non-hydrogen) atoms. The van der Waals surface area contributed by atoms with Gasteiger partial charge in [0.2, 0.25) is 15.7 Å². The Kier molecular flexibility index (Phi) is 10.2. The lowest BCUT2D eigenvalue weighted by atomic mass is 9.85. The third kappa shape index (κ3) is 8.26. The number of aromatic nitrogens is 1. The van der Waals surface area contributed by atoms with E-state index >= 15 is 0 Å². The van der Waals surface area contributed by atoms with E-state index < -0.39 is 9.84 Å². The van der Waals surface area contributed by atoms with E-state index in [9.17, 15) is 18.4 Å². The highest BCUT2D eigenvalue weighted by molar-refractivity contribution is 7.91. The minimum atomic E-state index is -3.85. The monoisotopic (exact) mass is 519 g/mol. The molecule has 1 aromatic carbocycles. The van der Waals surface area contributed by atoms with Crippen LogP contribution in [-0.4, -0.2) is 49.0 Å². The number of benzene rings is 1. The summed E-state index contributed by atoms with van der Waals surface area (Å²) in [6.07, 6.45) is 5.67. The van der Waals surface area contributed by atoms with Gasteiger partial charge in [0.1, 0.15) is 5.75 Å². The molecule has 3 rings (SSSR count). The second-order valence-electron chi connectivity index (χ2n) is 9.58. The second-order valence-corrected chi connectivity index (χ2v) is 11.5. The normalized spacial score (nSPS) is 18.4. The number of amides is 1. The molecule has 0 radical (unpaired) electrons. The predicted molar refractivity (Wildman–Crippen MR) is 134 cm³/mol. The lowest BCUT2D eigenvalue weighted by Gasteiger charge is -2.29. The van der Waals surface area contributed by atoms with Gasteiger partial charge in [-0.15, -0.1) is 0 Å². The van der Waals surface area contributed by atoms with Crippen LogP contribution < -0.4 is 10.2 Å². The van der Waals surface area contributed by atoms with Crippen molar-refractivity contribution in [3.05, 3.63) is 48.2 Å². The molecular formula is C26H37N3O6S. The summed E-state index contributed by atoms with van der Waals surface area (Å²) in [5.41, 5.74) is 2.96. The molecule has 1 aliphatic carbocycles. The molecule has 0 bridgehead atoms. The van der Waals surface area contributed by atoms with Crippen LogP contribution in [-0.2, 0) is 25.9 Å². The van der Waals surface area contributed by atoms with Gasteiger partial charge >= 0.3 is 0 Å². The summed E-state index contributed by atoms with van der Waals surface area (Å²) in [7, 11) is -3.85. The third-order valence-electron chi connectivity index (χ3n) is 6.04. The van der Waals surface area contributed by atoms with Crippen LogP contribution in [0.4, 0.5) is 0 Å². The van der Waals surface area contributed by atoms with E-state index in [1.54, 1.807) is 18.2 Å². The average molecular weight is 520 g/mol. The van der Waals surface area contributed by atoms with Crippen LogP contribution in [0, 0.1) is 11.8 Å². The highest BCUT2D eigenvalue weighted by Gasteiger charge is 2.25. The number of rotatable bonds is 12. The van der Waals surface area contributed by atoms with Gasteiger partial charge < -0.3 is 9.47 Å². The van der Waals surface area contributed by atoms with Crippen LogP contribution in [0.3, 0.4) is 0 Å². The molecule has 1 aromatic heterocycles. The van der Waals surface area contributed by atoms with Gasteiger partial charge in [0.05, 0.1) is 24.2 Å². The summed E-state index contributed by atoms with van der Waals surface area (Å²) in [6.45, 7) is 7.26. The number of ether oxygens (including phenoxy) is 2. The Hall–Kier alpha value is -2.53. The number of nitrogens with zero attached hydrogens (tertiary/aromatic N) is 2. The fourth-order valence-corrected chi connectivity index (χ4v) is 5.44. The number of hydrazine groups is 1. The zero-order valence-corrected chi connectivity index (χ0v) is 22.0. The molecule has 0 aliphatic heterocycles. The molecular weight excluding hydrogens is 482 g/mol. The molecule has 1 fully saturated rings. The van der Waals surface area contributed by atoms with Gasteiger partial charge in [0.15, 0.2) is 5.03 Å². The minimum Gasteiger partial charge on any atom is -0.494 e. The van der Waals surface area contributed by atoms with E-state index in [1.807, 2.05) is 6.92 Å². The Morgan fingerprint density at radius 2 is 1.86 bits per heavy atom. The standard InChI is InChI=1S/C26H37N3O6S/c1-4-34-22-9-11-24(12-10-22)36(32,33)26-16-21(13-14-27-26)17-29(31)28-25(30)15-20-5-7-23(8-6-20)35-18-19(2)3/h9-14,16,19-20,23,31H,4-8,15,17-18H2,1-3H3,(H,28,30)/t20-,23-. The molecule has 2 N–H and O–H groups in total. The van der Waals surface area contributed by atoms with Crippen molar-refractivity contribution >= 4 is 15.7 Å². The van der Waals surface area contributed by atoms with Crippen LogP contribution >= 0.6 is 0 Å². The SMILES string of the molecule is CCOc1ccc(S(=O)(=O)c2cc(CN(O)NC(=O)C[C@H]3CC[C@H](OCC(C)C)CC3)ccn2)cc1. The molecule has 1 amide bonds. The van der Waals surface area contributed by atoms with E-state index in [-0.39, 0.29) is 34.4 Å². The van der Waals surface area contributed by atoms with E-state index in [1.165, 1.54) is 24.4 Å². The Morgan fingerprint density at radius 1 is 1.17 bits per heavy atom. The van der Waals surface area contributed by atoms with Gasteiger partial charge in [0.25, 0.3) is 0 Å². The van der Waals surface area contributed by atoms with Crippen molar-refractivity contribution < 1.29 is 27.9 Å². The van der Waals surface area contributed by atoms with Gasteiger partial charge in [-0.3, -0.25) is 15.4 Å². The maximum absolute atomic E-state index is 13.0. The van der Waals surface area contributed by atoms with Crippen molar-refractivity contribution in [1.29, 1.82) is 0 Å². The van der Waals surface area contributed by atoms with E-state index in [2.05, 4.69) is 24.3 Å². The molecule has 0 spiro atoms. The first-order valence-corrected chi connectivity index (χ1v) is 14.0. The van der Waals surface area contributed by atoms with Crippen LogP contribution in [0.1, 0.15) is 58.4 Å². The summed E-state index contributed by atoms with van der Waals surface area (Å²) in [6, 6.07) is 9.10. The predicted octanol–water partition coefficient (Wildman–Crippen LogP) is 4.16. The van der Waals surface area contributed by atoms with Gasteiger partial charge in [-0.2, -0.15) is 0 Å². The summed E-state index contributed by atoms with van der Waals surface area (Å²) in [5.74, 6) is 1.06. The Balaban J connectivity index is 1.51. The van der Waals surface area contributed by atoms with Crippen LogP contribution in [0.2, 0.25) is 0 Å². The second kappa shape index (κ2) is 13.1. The maximum Gasteiger partial charge on any atom is 0.236 e. The Morgan fingerprint density at radius 3 is 2.50 bits per heavy atom. The van der Waals surface area contributed by atoms with Gasteiger partial charge in [0, 0.05) is 19.2 Å². The molecule has 10 heteroatoms. The first-order chi connectivity index (χ1) is 17.2. The number of hydrogen-bond acceptors (Lipinski definition) is 8. The van der Waals surface area contributed by atoms with Crippen LogP contribution in [0.5, 0.6) is 5.75 Å². The van der Waals surface area contributed by atoms with Gasteiger partial charge in [-0.1, -0.05) is 19.0 Å². The highest BCUT2D eigenvalue weighted by Crippen LogP contribution is 2.29. The summed E-state index contributed by atoms with van der Waals surface area (Å²) >= 11 is 0. The number of hydrogen-bond donors (Lipinski definition) is 2. The molecule has 0 saturated heterocycles. The topological polar surface area (TPSA) is 118 Å². The molecule has 1 aliphatic rings. The molecule has 1 saturated carbocycles. The van der Waals surface area contributed by atoms with Gasteiger partial charge in [-0.25, -0.2) is 13.4 Å². The highest BCUT2D eigenvalue weighted by atomic mass is 32.2. The number of pyridine rings is 1. The van der Waals surface area contributed by atoms with Crippen LogP contribution in [0.15, 0.2) is 52.5 Å². The van der Waals surface area contributed by atoms with Gasteiger partial charge in [-0.05, 0) is 86.4 Å². The summed E-state index contributed by atoms with van der Waals surface area (Å²) in [4.78, 5) is 16.5.